The summed E-state index contributed by atoms with van der Waals surface area (Å²) in [6, 6.07) is 11.6. The van der Waals surface area contributed by atoms with Crippen LogP contribution in [0, 0.1) is 0 Å². The highest BCUT2D eigenvalue weighted by Crippen LogP contribution is 2.20. The van der Waals surface area contributed by atoms with Crippen LogP contribution in [-0.4, -0.2) is 27.6 Å². The van der Waals surface area contributed by atoms with Gasteiger partial charge in [0.2, 0.25) is 5.91 Å². The zero-order chi connectivity index (χ0) is 19.2. The van der Waals surface area contributed by atoms with Crippen LogP contribution in [-0.2, 0) is 11.2 Å². The van der Waals surface area contributed by atoms with Crippen molar-refractivity contribution in [3.05, 3.63) is 59.8 Å². The Morgan fingerprint density at radius 2 is 1.93 bits per heavy atom. The topological polar surface area (TPSA) is 82.7 Å². The summed E-state index contributed by atoms with van der Waals surface area (Å²) in [6.45, 7) is 0.854. The number of nitrogens with one attached hydrogen (secondary N) is 3. The second-order valence-electron chi connectivity index (χ2n) is 7.17. The van der Waals surface area contributed by atoms with E-state index in [0.29, 0.717) is 12.2 Å². The van der Waals surface area contributed by atoms with Crippen LogP contribution >= 0.6 is 0 Å². The molecule has 0 fully saturated rings. The minimum atomic E-state index is -0.107. The van der Waals surface area contributed by atoms with Crippen LogP contribution in [0.15, 0.2) is 54.2 Å². The highest BCUT2D eigenvalue weighted by atomic mass is 16.1. The van der Waals surface area contributed by atoms with Crippen molar-refractivity contribution >= 4 is 28.4 Å². The fourth-order valence-electron chi connectivity index (χ4n) is 3.61. The van der Waals surface area contributed by atoms with Crippen molar-refractivity contribution in [2.24, 2.45) is 0 Å². The van der Waals surface area contributed by atoms with Gasteiger partial charge in [-0.3, -0.25) is 4.79 Å². The second kappa shape index (κ2) is 8.69. The van der Waals surface area contributed by atoms with E-state index in [1.54, 1.807) is 6.07 Å². The predicted molar refractivity (Wildman–Crippen MR) is 112 cm³/mol. The molecule has 28 heavy (non-hydrogen) atoms. The average Bonchev–Trinajstić information content (AvgIpc) is 3.13. The first-order valence-corrected chi connectivity index (χ1v) is 9.88. The lowest BCUT2D eigenvalue weighted by Crippen LogP contribution is -2.16. The number of aromatic amines is 1. The number of nitrogens with zero attached hydrogens (tertiary/aromatic N) is 2. The summed E-state index contributed by atoms with van der Waals surface area (Å²) in [5.41, 5.74) is 3.54. The predicted octanol–water partition coefficient (Wildman–Crippen LogP) is 4.44. The molecular weight excluding hydrogens is 350 g/mol. The number of benzene rings is 1. The van der Waals surface area contributed by atoms with E-state index in [0.717, 1.165) is 35.2 Å². The Labute approximate surface area is 164 Å². The molecular formula is C22H25N5O. The minimum absolute atomic E-state index is 0.107. The Balaban J connectivity index is 1.27. The van der Waals surface area contributed by atoms with E-state index in [4.69, 9.17) is 0 Å². The van der Waals surface area contributed by atoms with Gasteiger partial charge >= 0.3 is 0 Å². The molecule has 0 atom stereocenters. The van der Waals surface area contributed by atoms with Crippen LogP contribution in [0.5, 0.6) is 0 Å². The number of amides is 1. The maximum absolute atomic E-state index is 12.3. The van der Waals surface area contributed by atoms with Crippen molar-refractivity contribution in [3.8, 4) is 0 Å². The molecule has 3 N–H and O–H groups in total. The zero-order valence-electron chi connectivity index (χ0n) is 15.9. The van der Waals surface area contributed by atoms with Crippen molar-refractivity contribution < 1.29 is 4.79 Å². The van der Waals surface area contributed by atoms with E-state index in [1.807, 2.05) is 36.5 Å². The van der Waals surface area contributed by atoms with Gasteiger partial charge in [-0.25, -0.2) is 0 Å². The van der Waals surface area contributed by atoms with Crippen LogP contribution in [0.4, 0.5) is 11.6 Å². The molecule has 3 aromatic rings. The third-order valence-corrected chi connectivity index (χ3v) is 5.10. The Morgan fingerprint density at radius 3 is 2.75 bits per heavy atom. The van der Waals surface area contributed by atoms with Crippen LogP contribution in [0.3, 0.4) is 0 Å². The van der Waals surface area contributed by atoms with Gasteiger partial charge in [0.15, 0.2) is 5.82 Å². The van der Waals surface area contributed by atoms with E-state index < -0.39 is 0 Å². The highest BCUT2D eigenvalue weighted by molar-refractivity contribution is 5.95. The standard InChI is InChI=1S/C22H25N5O/c28-22(14-17-15-24-19-9-5-4-8-18(17)19)25-21-11-10-20(26-27-21)23-13-12-16-6-2-1-3-7-16/h4-6,8-11,15,24H,1-3,7,12-14H2,(H,23,26)(H,25,27,28). The maximum atomic E-state index is 12.3. The third-order valence-electron chi connectivity index (χ3n) is 5.10. The van der Waals surface area contributed by atoms with Crippen molar-refractivity contribution in [2.45, 2.75) is 38.5 Å². The highest BCUT2D eigenvalue weighted by Gasteiger charge is 2.10. The summed E-state index contributed by atoms with van der Waals surface area (Å²) in [7, 11) is 0. The summed E-state index contributed by atoms with van der Waals surface area (Å²) in [5, 5.41) is 15.4. The van der Waals surface area contributed by atoms with Gasteiger partial charge in [0, 0.05) is 23.6 Å². The van der Waals surface area contributed by atoms with Crippen LogP contribution in [0.1, 0.15) is 37.7 Å². The summed E-state index contributed by atoms with van der Waals surface area (Å²) in [5.74, 6) is 1.08. The first-order chi connectivity index (χ1) is 13.8. The summed E-state index contributed by atoms with van der Waals surface area (Å²) >= 11 is 0. The fourth-order valence-corrected chi connectivity index (χ4v) is 3.61. The average molecular weight is 375 g/mol. The van der Waals surface area contributed by atoms with Crippen molar-refractivity contribution in [3.63, 3.8) is 0 Å². The zero-order valence-corrected chi connectivity index (χ0v) is 15.9. The smallest absolute Gasteiger partial charge is 0.230 e. The molecule has 1 aliphatic rings. The van der Waals surface area contributed by atoms with Crippen molar-refractivity contribution in [2.75, 3.05) is 17.2 Å². The number of hydrogen-bond donors (Lipinski definition) is 3. The third kappa shape index (κ3) is 4.57. The number of carbonyl (C=O) groups is 1. The summed E-state index contributed by atoms with van der Waals surface area (Å²) in [6.07, 6.45) is 10.6. The number of fused-ring (bicyclic) bond motifs is 1. The van der Waals surface area contributed by atoms with Crippen molar-refractivity contribution in [1.29, 1.82) is 0 Å². The molecule has 0 unspecified atom stereocenters. The van der Waals surface area contributed by atoms with E-state index in [9.17, 15) is 4.79 Å². The number of para-hydroxylation sites is 1. The lowest BCUT2D eigenvalue weighted by Gasteiger charge is -2.13. The summed E-state index contributed by atoms with van der Waals surface area (Å²) < 4.78 is 0. The largest absolute Gasteiger partial charge is 0.368 e. The molecule has 0 bridgehead atoms. The number of hydrogen-bond acceptors (Lipinski definition) is 4. The maximum Gasteiger partial charge on any atom is 0.230 e. The van der Waals surface area contributed by atoms with Gasteiger partial charge in [-0.1, -0.05) is 29.8 Å². The number of H-pyrrole nitrogens is 1. The fraction of sp³-hybridized carbons (Fsp3) is 0.318. The quantitative estimate of drug-likeness (QED) is 0.533. The molecule has 0 radical (unpaired) electrons. The number of allylic oxidation sites excluding steroid dienone is 1. The van der Waals surface area contributed by atoms with Crippen molar-refractivity contribution in [1.82, 2.24) is 15.2 Å². The van der Waals surface area contributed by atoms with Crippen LogP contribution in [0.2, 0.25) is 0 Å². The van der Waals surface area contributed by atoms with Gasteiger partial charge in [-0.15, -0.1) is 10.2 Å². The monoisotopic (exact) mass is 375 g/mol. The number of carbonyl (C=O) groups excluding carboxylic acids is 1. The number of aromatic nitrogens is 3. The van der Waals surface area contributed by atoms with Gasteiger partial charge < -0.3 is 15.6 Å². The molecule has 6 nitrogen and oxygen atoms in total. The van der Waals surface area contributed by atoms with Gasteiger partial charge in [0.25, 0.3) is 0 Å². The van der Waals surface area contributed by atoms with E-state index in [2.05, 4.69) is 31.9 Å². The molecule has 2 aromatic heterocycles. The Bertz CT molecular complexity index is 974. The summed E-state index contributed by atoms with van der Waals surface area (Å²) in [4.78, 5) is 15.5. The Kier molecular flexibility index (Phi) is 5.66. The minimum Gasteiger partial charge on any atom is -0.368 e. The molecule has 6 heteroatoms. The Morgan fingerprint density at radius 1 is 1.07 bits per heavy atom. The Hall–Kier alpha value is -3.15. The van der Waals surface area contributed by atoms with Gasteiger partial charge in [0.1, 0.15) is 5.82 Å². The van der Waals surface area contributed by atoms with E-state index in [1.165, 1.54) is 31.3 Å². The molecule has 144 valence electrons. The first-order valence-electron chi connectivity index (χ1n) is 9.88. The van der Waals surface area contributed by atoms with E-state index >= 15 is 0 Å². The molecule has 0 aliphatic heterocycles. The lowest BCUT2D eigenvalue weighted by molar-refractivity contribution is -0.115. The molecule has 1 amide bonds. The van der Waals surface area contributed by atoms with Gasteiger partial charge in [-0.2, -0.15) is 0 Å². The van der Waals surface area contributed by atoms with Crippen LogP contribution < -0.4 is 10.6 Å². The SMILES string of the molecule is O=C(Cc1c[nH]c2ccccc12)Nc1ccc(NCCC2=CCCCC2)nn1. The normalized spacial score (nSPS) is 13.9. The van der Waals surface area contributed by atoms with Gasteiger partial charge in [0.05, 0.1) is 6.42 Å². The lowest BCUT2D eigenvalue weighted by atomic mass is 9.97. The molecule has 0 saturated carbocycles. The molecule has 0 spiro atoms. The molecule has 0 saturated heterocycles. The second-order valence-corrected chi connectivity index (χ2v) is 7.17. The number of rotatable bonds is 7. The molecule has 2 heterocycles. The van der Waals surface area contributed by atoms with Gasteiger partial charge in [-0.05, 0) is 55.9 Å². The number of anilines is 2. The first kappa shape index (κ1) is 18.2. The molecule has 4 rings (SSSR count). The van der Waals surface area contributed by atoms with E-state index in [-0.39, 0.29) is 5.91 Å². The molecule has 1 aliphatic carbocycles. The van der Waals surface area contributed by atoms with Crippen LogP contribution in [0.25, 0.3) is 10.9 Å². The molecule has 1 aromatic carbocycles.